The van der Waals surface area contributed by atoms with Crippen LogP contribution in [-0.4, -0.2) is 23.8 Å². The largest absolute Gasteiger partial charge is 0.395 e. The predicted molar refractivity (Wildman–Crippen MR) is 73.1 cm³/mol. The average molecular weight is 235 g/mol. The molecule has 0 spiro atoms. The number of aliphatic hydroxyl groups excluding tert-OH is 1. The normalized spacial score (nSPS) is 16.5. The maximum absolute atomic E-state index is 9.43. The highest BCUT2D eigenvalue weighted by molar-refractivity contribution is 5.15. The fraction of sp³-hybridized carbons (Fsp3) is 0.600. The quantitative estimate of drug-likeness (QED) is 0.761. The van der Waals surface area contributed by atoms with E-state index >= 15 is 0 Å². The molecule has 1 aromatic rings. The molecule has 0 aliphatic carbocycles. The summed E-state index contributed by atoms with van der Waals surface area (Å²) in [5.74, 6) is 0.639. The Bertz CT molecular complexity index is 299. The van der Waals surface area contributed by atoms with E-state index in [1.807, 2.05) is 18.2 Å². The van der Waals surface area contributed by atoms with Gasteiger partial charge in [0.15, 0.2) is 0 Å². The minimum Gasteiger partial charge on any atom is -0.395 e. The van der Waals surface area contributed by atoms with E-state index in [-0.39, 0.29) is 12.6 Å². The Labute approximate surface area is 105 Å². The summed E-state index contributed by atoms with van der Waals surface area (Å²) in [5.41, 5.74) is 1.27. The molecule has 0 heterocycles. The SMILES string of the molecule is CCC(C)C(C)NC(CO)Cc1ccccc1. The van der Waals surface area contributed by atoms with Gasteiger partial charge in [0.05, 0.1) is 6.61 Å². The highest BCUT2D eigenvalue weighted by atomic mass is 16.3. The first-order chi connectivity index (χ1) is 8.17. The summed E-state index contributed by atoms with van der Waals surface area (Å²) in [7, 11) is 0. The molecular formula is C15H25NO. The molecule has 1 rings (SSSR count). The molecule has 0 bridgehead atoms. The summed E-state index contributed by atoms with van der Waals surface area (Å²) in [4.78, 5) is 0. The van der Waals surface area contributed by atoms with Gasteiger partial charge in [-0.2, -0.15) is 0 Å². The van der Waals surface area contributed by atoms with Crippen molar-refractivity contribution >= 4 is 0 Å². The number of nitrogens with one attached hydrogen (secondary N) is 1. The third-order valence-corrected chi connectivity index (χ3v) is 3.54. The Kier molecular flexibility index (Phi) is 6.23. The number of rotatable bonds is 7. The molecule has 3 unspecified atom stereocenters. The van der Waals surface area contributed by atoms with Crippen LogP contribution in [0.15, 0.2) is 30.3 Å². The lowest BCUT2D eigenvalue weighted by Gasteiger charge is -2.25. The molecule has 0 fully saturated rings. The molecular weight excluding hydrogens is 210 g/mol. The molecule has 0 saturated carbocycles. The lowest BCUT2D eigenvalue weighted by Crippen LogP contribution is -2.43. The van der Waals surface area contributed by atoms with E-state index in [1.54, 1.807) is 0 Å². The van der Waals surface area contributed by atoms with E-state index < -0.39 is 0 Å². The second kappa shape index (κ2) is 7.46. The molecule has 3 atom stereocenters. The zero-order chi connectivity index (χ0) is 12.7. The van der Waals surface area contributed by atoms with Gasteiger partial charge in [-0.25, -0.2) is 0 Å². The topological polar surface area (TPSA) is 32.3 Å². The second-order valence-electron chi connectivity index (χ2n) is 4.91. The van der Waals surface area contributed by atoms with Crippen LogP contribution in [0.1, 0.15) is 32.8 Å². The van der Waals surface area contributed by atoms with Gasteiger partial charge in [0.2, 0.25) is 0 Å². The molecule has 0 aliphatic rings. The molecule has 0 radical (unpaired) electrons. The van der Waals surface area contributed by atoms with Crippen LogP contribution in [0.3, 0.4) is 0 Å². The molecule has 0 amide bonds. The van der Waals surface area contributed by atoms with Crippen molar-refractivity contribution in [2.24, 2.45) is 5.92 Å². The highest BCUT2D eigenvalue weighted by Gasteiger charge is 2.15. The van der Waals surface area contributed by atoms with Gasteiger partial charge >= 0.3 is 0 Å². The van der Waals surface area contributed by atoms with Crippen LogP contribution in [0.2, 0.25) is 0 Å². The summed E-state index contributed by atoms with van der Waals surface area (Å²) in [6.07, 6.45) is 2.05. The molecule has 2 nitrogen and oxygen atoms in total. The van der Waals surface area contributed by atoms with Crippen LogP contribution < -0.4 is 5.32 Å². The Balaban J connectivity index is 2.49. The maximum Gasteiger partial charge on any atom is 0.0587 e. The summed E-state index contributed by atoms with van der Waals surface area (Å²) in [5, 5.41) is 12.9. The van der Waals surface area contributed by atoms with Crippen molar-refractivity contribution in [2.75, 3.05) is 6.61 Å². The van der Waals surface area contributed by atoms with Gasteiger partial charge in [-0.15, -0.1) is 0 Å². The fourth-order valence-corrected chi connectivity index (χ4v) is 1.96. The van der Waals surface area contributed by atoms with Gasteiger partial charge in [-0.1, -0.05) is 50.6 Å². The molecule has 2 N–H and O–H groups in total. The van der Waals surface area contributed by atoms with Gasteiger partial charge in [0.25, 0.3) is 0 Å². The minimum atomic E-state index is 0.154. The van der Waals surface area contributed by atoms with Crippen molar-refractivity contribution < 1.29 is 5.11 Å². The van der Waals surface area contributed by atoms with E-state index in [0.717, 1.165) is 12.8 Å². The van der Waals surface area contributed by atoms with E-state index in [4.69, 9.17) is 0 Å². The number of aliphatic hydroxyl groups is 1. The molecule has 0 saturated heterocycles. The first-order valence-corrected chi connectivity index (χ1v) is 6.58. The van der Waals surface area contributed by atoms with Crippen LogP contribution in [0, 0.1) is 5.92 Å². The standard InChI is InChI=1S/C15H25NO/c1-4-12(2)13(3)16-15(11-17)10-14-8-6-5-7-9-14/h5-9,12-13,15-17H,4,10-11H2,1-3H3. The average Bonchev–Trinajstić information content (AvgIpc) is 2.38. The van der Waals surface area contributed by atoms with Gasteiger partial charge in [-0.3, -0.25) is 0 Å². The van der Waals surface area contributed by atoms with Gasteiger partial charge < -0.3 is 10.4 Å². The third-order valence-electron chi connectivity index (χ3n) is 3.54. The minimum absolute atomic E-state index is 0.154. The molecule has 2 heteroatoms. The Morgan fingerprint density at radius 3 is 2.35 bits per heavy atom. The van der Waals surface area contributed by atoms with E-state index in [9.17, 15) is 5.11 Å². The van der Waals surface area contributed by atoms with Crippen molar-refractivity contribution in [3.05, 3.63) is 35.9 Å². The van der Waals surface area contributed by atoms with Crippen molar-refractivity contribution in [1.29, 1.82) is 0 Å². The Hall–Kier alpha value is -0.860. The van der Waals surface area contributed by atoms with E-state index in [0.29, 0.717) is 12.0 Å². The van der Waals surface area contributed by atoms with Gasteiger partial charge in [0.1, 0.15) is 0 Å². The fourth-order valence-electron chi connectivity index (χ4n) is 1.96. The van der Waals surface area contributed by atoms with Crippen molar-refractivity contribution in [2.45, 2.75) is 45.7 Å². The number of benzene rings is 1. The lowest BCUT2D eigenvalue weighted by atomic mass is 9.98. The second-order valence-corrected chi connectivity index (χ2v) is 4.91. The van der Waals surface area contributed by atoms with E-state index in [1.165, 1.54) is 5.56 Å². The third kappa shape index (κ3) is 4.88. The summed E-state index contributed by atoms with van der Waals surface area (Å²) in [6, 6.07) is 10.9. The van der Waals surface area contributed by atoms with Gasteiger partial charge in [0, 0.05) is 12.1 Å². The Morgan fingerprint density at radius 1 is 1.18 bits per heavy atom. The van der Waals surface area contributed by atoms with Crippen LogP contribution >= 0.6 is 0 Å². The molecule has 1 aromatic carbocycles. The van der Waals surface area contributed by atoms with Crippen LogP contribution in [-0.2, 0) is 6.42 Å². The molecule has 17 heavy (non-hydrogen) atoms. The molecule has 96 valence electrons. The zero-order valence-electron chi connectivity index (χ0n) is 11.2. The molecule has 0 aliphatic heterocycles. The van der Waals surface area contributed by atoms with Crippen molar-refractivity contribution in [1.82, 2.24) is 5.32 Å². The lowest BCUT2D eigenvalue weighted by molar-refractivity contribution is 0.219. The molecule has 0 aromatic heterocycles. The summed E-state index contributed by atoms with van der Waals surface area (Å²) < 4.78 is 0. The first kappa shape index (κ1) is 14.2. The summed E-state index contributed by atoms with van der Waals surface area (Å²) >= 11 is 0. The van der Waals surface area contributed by atoms with Crippen LogP contribution in [0.4, 0.5) is 0 Å². The van der Waals surface area contributed by atoms with Gasteiger partial charge in [-0.05, 0) is 24.8 Å². The summed E-state index contributed by atoms with van der Waals surface area (Å²) in [6.45, 7) is 6.83. The van der Waals surface area contributed by atoms with Crippen LogP contribution in [0.5, 0.6) is 0 Å². The smallest absolute Gasteiger partial charge is 0.0587 e. The number of hydrogen-bond acceptors (Lipinski definition) is 2. The number of hydrogen-bond donors (Lipinski definition) is 2. The van der Waals surface area contributed by atoms with E-state index in [2.05, 4.69) is 38.2 Å². The van der Waals surface area contributed by atoms with Crippen LogP contribution in [0.25, 0.3) is 0 Å². The Morgan fingerprint density at radius 2 is 1.82 bits per heavy atom. The van der Waals surface area contributed by atoms with Crippen molar-refractivity contribution in [3.8, 4) is 0 Å². The predicted octanol–water partition coefficient (Wildman–Crippen LogP) is 2.61. The van der Waals surface area contributed by atoms with Crippen molar-refractivity contribution in [3.63, 3.8) is 0 Å². The zero-order valence-corrected chi connectivity index (χ0v) is 11.2. The highest BCUT2D eigenvalue weighted by Crippen LogP contribution is 2.09. The maximum atomic E-state index is 9.43. The first-order valence-electron chi connectivity index (χ1n) is 6.58. The monoisotopic (exact) mass is 235 g/mol.